The molecule has 1 aromatic heterocycles. The van der Waals surface area contributed by atoms with Crippen molar-refractivity contribution in [1.29, 1.82) is 0 Å². The van der Waals surface area contributed by atoms with Gasteiger partial charge in [0.15, 0.2) is 0 Å². The Hall–Kier alpha value is -2.52. The largest absolute Gasteiger partial charge is 0.489 e. The molecule has 0 radical (unpaired) electrons. The van der Waals surface area contributed by atoms with Crippen LogP contribution < -0.4 is 9.46 Å². The first-order chi connectivity index (χ1) is 17.1. The molecule has 1 saturated heterocycles. The van der Waals surface area contributed by atoms with Crippen LogP contribution in [0.4, 0.5) is 4.39 Å². The number of likely N-dealkylation sites (tertiary alicyclic amines) is 1. The lowest BCUT2D eigenvalue weighted by Crippen LogP contribution is -2.42. The van der Waals surface area contributed by atoms with Gasteiger partial charge in [-0.15, -0.1) is 0 Å². The molecule has 2 saturated carbocycles. The van der Waals surface area contributed by atoms with Crippen LogP contribution >= 0.6 is 0 Å². The highest BCUT2D eigenvalue weighted by Crippen LogP contribution is 2.46. The molecule has 2 aromatic rings. The van der Waals surface area contributed by atoms with Crippen molar-refractivity contribution >= 4 is 15.9 Å². The Labute approximate surface area is 212 Å². The van der Waals surface area contributed by atoms with E-state index in [2.05, 4.69) is 30.9 Å². The van der Waals surface area contributed by atoms with Gasteiger partial charge >= 0.3 is 0 Å². The Morgan fingerprint density at radius 1 is 1.17 bits per heavy atom. The summed E-state index contributed by atoms with van der Waals surface area (Å²) >= 11 is 0. The smallest absolute Gasteiger partial charge is 0.267 e. The minimum absolute atomic E-state index is 0.109. The molecule has 1 amide bonds. The number of nitrogens with zero attached hydrogens (tertiary/aromatic N) is 2. The first kappa shape index (κ1) is 25.1. The topological polar surface area (TPSA) is 88.6 Å². The summed E-state index contributed by atoms with van der Waals surface area (Å²) in [6.45, 7) is 5.97. The molecule has 0 bridgehead atoms. The molecule has 3 aliphatic rings. The summed E-state index contributed by atoms with van der Waals surface area (Å²) in [5, 5.41) is 0. The molecule has 194 valence electrons. The first-order valence-corrected chi connectivity index (χ1v) is 14.7. The third-order valence-electron chi connectivity index (χ3n) is 7.44. The second-order valence-electron chi connectivity index (χ2n) is 10.6. The molecule has 0 unspecified atom stereocenters. The molecule has 1 N–H and O–H groups in total. The maximum atomic E-state index is 14.9. The third kappa shape index (κ3) is 5.72. The van der Waals surface area contributed by atoms with E-state index in [1.165, 1.54) is 36.2 Å². The Kier molecular flexibility index (Phi) is 6.80. The predicted molar refractivity (Wildman–Crippen MR) is 135 cm³/mol. The van der Waals surface area contributed by atoms with Gasteiger partial charge in [-0.3, -0.25) is 14.7 Å². The van der Waals surface area contributed by atoms with Gasteiger partial charge in [0.2, 0.25) is 10.0 Å². The van der Waals surface area contributed by atoms with Crippen LogP contribution in [0.1, 0.15) is 96.2 Å². The second-order valence-corrected chi connectivity index (χ2v) is 12.4. The Balaban J connectivity index is 1.32. The van der Waals surface area contributed by atoms with Crippen molar-refractivity contribution in [2.24, 2.45) is 0 Å². The van der Waals surface area contributed by atoms with Crippen LogP contribution in [0.5, 0.6) is 5.75 Å². The number of hydrogen-bond acceptors (Lipinski definition) is 6. The number of carbonyl (C=O) groups is 1. The number of benzene rings is 1. The van der Waals surface area contributed by atoms with Crippen molar-refractivity contribution in [2.75, 3.05) is 19.3 Å². The number of hydrogen-bond donors (Lipinski definition) is 1. The van der Waals surface area contributed by atoms with E-state index in [0.717, 1.165) is 49.7 Å². The lowest BCUT2D eigenvalue weighted by molar-refractivity contribution is 0.0639. The fourth-order valence-electron chi connectivity index (χ4n) is 5.13. The van der Waals surface area contributed by atoms with E-state index in [-0.39, 0.29) is 23.6 Å². The van der Waals surface area contributed by atoms with Crippen LogP contribution in [0.15, 0.2) is 24.3 Å². The molecule has 36 heavy (non-hydrogen) atoms. The van der Waals surface area contributed by atoms with Crippen molar-refractivity contribution in [3.05, 3.63) is 58.2 Å². The van der Waals surface area contributed by atoms with Gasteiger partial charge in [0, 0.05) is 30.3 Å². The van der Waals surface area contributed by atoms with E-state index >= 15 is 0 Å². The van der Waals surface area contributed by atoms with E-state index in [0.29, 0.717) is 18.2 Å². The summed E-state index contributed by atoms with van der Waals surface area (Å²) in [4.78, 5) is 19.7. The molecular weight excluding hydrogens is 481 g/mol. The number of rotatable bonds is 8. The number of amides is 1. The number of piperidine rings is 1. The van der Waals surface area contributed by atoms with Gasteiger partial charge in [-0.1, -0.05) is 6.07 Å². The number of aromatic nitrogens is 1. The highest BCUT2D eigenvalue weighted by Gasteiger charge is 2.33. The average molecular weight is 516 g/mol. The van der Waals surface area contributed by atoms with Crippen LogP contribution in [0.3, 0.4) is 0 Å². The van der Waals surface area contributed by atoms with Crippen molar-refractivity contribution in [3.63, 3.8) is 0 Å². The van der Waals surface area contributed by atoms with E-state index in [4.69, 9.17) is 9.72 Å². The number of pyridine rings is 1. The molecule has 2 atom stereocenters. The minimum Gasteiger partial charge on any atom is -0.489 e. The zero-order valence-electron chi connectivity index (χ0n) is 21.1. The fraction of sp³-hybridized carbons (Fsp3) is 0.556. The molecule has 2 heterocycles. The fourth-order valence-corrected chi connectivity index (χ4v) is 5.58. The first-order valence-electron chi connectivity index (χ1n) is 12.8. The third-order valence-corrected chi connectivity index (χ3v) is 8.00. The van der Waals surface area contributed by atoms with Crippen molar-refractivity contribution < 1.29 is 22.3 Å². The van der Waals surface area contributed by atoms with Crippen LogP contribution in [-0.2, 0) is 10.0 Å². The number of sulfonamides is 1. The highest BCUT2D eigenvalue weighted by molar-refractivity contribution is 7.89. The molecule has 0 spiro atoms. The van der Waals surface area contributed by atoms with Crippen LogP contribution in [0, 0.1) is 12.7 Å². The van der Waals surface area contributed by atoms with Crippen LogP contribution in [-0.4, -0.2) is 49.7 Å². The van der Waals surface area contributed by atoms with Gasteiger partial charge < -0.3 is 4.74 Å². The van der Waals surface area contributed by atoms with E-state index < -0.39 is 21.7 Å². The molecule has 3 fully saturated rings. The molecule has 7 nitrogen and oxygen atoms in total. The Bertz CT molecular complexity index is 1270. The summed E-state index contributed by atoms with van der Waals surface area (Å²) in [6, 6.07) is 7.16. The lowest BCUT2D eigenvalue weighted by Gasteiger charge is -2.37. The average Bonchev–Trinajstić information content (AvgIpc) is 3.72. The number of nitrogens with one attached hydrogen (secondary N) is 1. The highest BCUT2D eigenvalue weighted by atomic mass is 32.2. The normalized spacial score (nSPS) is 21.7. The monoisotopic (exact) mass is 515 g/mol. The summed E-state index contributed by atoms with van der Waals surface area (Å²) in [6.07, 6.45) is 6.90. The molecule has 2 aliphatic carbocycles. The predicted octanol–water partition coefficient (Wildman–Crippen LogP) is 4.58. The second kappa shape index (κ2) is 9.74. The number of aryl methyl sites for hydroxylation is 1. The van der Waals surface area contributed by atoms with Gasteiger partial charge in [-0.2, -0.15) is 0 Å². The lowest BCUT2D eigenvalue weighted by atomic mass is 10.0. The quantitative estimate of drug-likeness (QED) is 0.554. The van der Waals surface area contributed by atoms with Crippen molar-refractivity contribution in [3.8, 4) is 5.75 Å². The molecule has 9 heteroatoms. The summed E-state index contributed by atoms with van der Waals surface area (Å²) in [5.74, 6) is -0.491. The summed E-state index contributed by atoms with van der Waals surface area (Å²) < 4.78 is 46.0. The Morgan fingerprint density at radius 3 is 2.56 bits per heavy atom. The summed E-state index contributed by atoms with van der Waals surface area (Å²) in [5.41, 5.74) is 4.07. The van der Waals surface area contributed by atoms with Crippen LogP contribution in [0.25, 0.3) is 0 Å². The zero-order valence-corrected chi connectivity index (χ0v) is 21.9. The Morgan fingerprint density at radius 2 is 1.89 bits per heavy atom. The van der Waals surface area contributed by atoms with Gasteiger partial charge in [-0.05, 0) is 88.1 Å². The standard InChI is InChI=1S/C27H34FN3O4S/c1-16-6-11-24(29-26(16)19-9-10-19)17(2)31-12-4-5-20(15-31)35-25-14-23(28)22(13-21(25)18-7-8-18)27(32)30-36(3,33)34/h6,11,13-14,17-20H,4-5,7-10,12,15H2,1-3H3,(H,30,32)/t17-,20-/m1/s1. The molecule has 1 aliphatic heterocycles. The van der Waals surface area contributed by atoms with Crippen LogP contribution in [0.2, 0.25) is 0 Å². The van der Waals surface area contributed by atoms with Gasteiger partial charge in [0.05, 0.1) is 17.5 Å². The van der Waals surface area contributed by atoms with E-state index in [1.54, 1.807) is 0 Å². The van der Waals surface area contributed by atoms with Gasteiger partial charge in [-0.25, -0.2) is 17.5 Å². The van der Waals surface area contributed by atoms with Gasteiger partial charge in [0.25, 0.3) is 5.91 Å². The maximum absolute atomic E-state index is 14.9. The van der Waals surface area contributed by atoms with Gasteiger partial charge in [0.1, 0.15) is 17.7 Å². The number of halogens is 1. The minimum atomic E-state index is -3.79. The van der Waals surface area contributed by atoms with E-state index in [1.807, 2.05) is 4.72 Å². The maximum Gasteiger partial charge on any atom is 0.267 e. The van der Waals surface area contributed by atoms with Crippen molar-refractivity contribution in [2.45, 2.75) is 76.4 Å². The zero-order chi connectivity index (χ0) is 25.6. The molecular formula is C27H34FN3O4S. The molecule has 5 rings (SSSR count). The number of ether oxygens (including phenoxy) is 1. The number of carbonyl (C=O) groups excluding carboxylic acids is 1. The SMILES string of the molecule is Cc1ccc([C@@H](C)N2CCC[C@@H](Oc3cc(F)c(C(=O)NS(C)(=O)=O)cc3C3CC3)C2)nc1C1CC1. The van der Waals surface area contributed by atoms with Crippen molar-refractivity contribution in [1.82, 2.24) is 14.6 Å². The summed E-state index contributed by atoms with van der Waals surface area (Å²) in [7, 11) is -3.79. The van der Waals surface area contributed by atoms with E-state index in [9.17, 15) is 17.6 Å². The molecule has 1 aromatic carbocycles.